The molecule has 164 valence electrons. The van der Waals surface area contributed by atoms with Crippen molar-refractivity contribution in [3.8, 4) is 0 Å². The fourth-order valence-corrected chi connectivity index (χ4v) is 4.39. The molecule has 2 heterocycles. The van der Waals surface area contributed by atoms with Crippen LogP contribution in [0.2, 0.25) is 0 Å². The first kappa shape index (κ1) is 21.6. The van der Waals surface area contributed by atoms with Crippen molar-refractivity contribution >= 4 is 28.8 Å². The van der Waals surface area contributed by atoms with Gasteiger partial charge in [-0.25, -0.2) is 9.78 Å². The fourth-order valence-electron chi connectivity index (χ4n) is 3.61. The number of fused-ring (bicyclic) bond motifs is 1. The first-order valence-electron chi connectivity index (χ1n) is 10.0. The number of amides is 1. The lowest BCUT2D eigenvalue weighted by Gasteiger charge is -2.19. The minimum atomic E-state index is -0.441. The molecule has 0 atom stereocenters. The summed E-state index contributed by atoms with van der Waals surface area (Å²) in [7, 11) is 4.71. The molecule has 8 nitrogen and oxygen atoms in total. The molecule has 0 fully saturated rings. The first-order valence-corrected chi connectivity index (χ1v) is 11.0. The Balaban J connectivity index is 1.57. The maximum Gasteiger partial charge on any atom is 0.332 e. The van der Waals surface area contributed by atoms with E-state index in [4.69, 9.17) is 0 Å². The van der Waals surface area contributed by atoms with Crippen molar-refractivity contribution in [3.05, 3.63) is 92.6 Å². The number of thioether (sulfide) groups is 1. The van der Waals surface area contributed by atoms with Gasteiger partial charge in [-0.05, 0) is 11.1 Å². The Morgan fingerprint density at radius 2 is 1.47 bits per heavy atom. The average Bonchev–Trinajstić information content (AvgIpc) is 3.16. The number of aryl methyl sites for hydroxylation is 2. The second-order valence-corrected chi connectivity index (χ2v) is 8.38. The lowest BCUT2D eigenvalue weighted by molar-refractivity contribution is -0.119. The molecule has 2 aromatic heterocycles. The monoisotopic (exact) mass is 449 g/mol. The number of benzene rings is 2. The molecule has 0 aliphatic carbocycles. The van der Waals surface area contributed by atoms with Crippen LogP contribution < -0.4 is 16.6 Å². The van der Waals surface area contributed by atoms with Crippen LogP contribution in [0.25, 0.3) is 11.2 Å². The number of aromatic nitrogens is 4. The van der Waals surface area contributed by atoms with Gasteiger partial charge in [0, 0.05) is 21.1 Å². The van der Waals surface area contributed by atoms with Crippen LogP contribution in [0.15, 0.2) is 75.4 Å². The van der Waals surface area contributed by atoms with E-state index in [1.165, 1.54) is 23.4 Å². The van der Waals surface area contributed by atoms with Gasteiger partial charge in [0.25, 0.3) is 5.56 Å². The largest absolute Gasteiger partial charge is 0.344 e. The first-order chi connectivity index (χ1) is 15.4. The molecule has 0 radical (unpaired) electrons. The normalized spacial score (nSPS) is 11.2. The molecule has 0 bridgehead atoms. The number of hydrogen-bond donors (Lipinski definition) is 1. The van der Waals surface area contributed by atoms with E-state index in [1.807, 2.05) is 60.7 Å². The zero-order valence-electron chi connectivity index (χ0n) is 18.0. The zero-order chi connectivity index (χ0) is 22.8. The van der Waals surface area contributed by atoms with Crippen LogP contribution in [0.4, 0.5) is 0 Å². The third-order valence-electron chi connectivity index (χ3n) is 5.34. The van der Waals surface area contributed by atoms with Gasteiger partial charge in [-0.1, -0.05) is 72.4 Å². The second-order valence-electron chi connectivity index (χ2n) is 7.44. The molecule has 4 rings (SSSR count). The van der Waals surface area contributed by atoms with Gasteiger partial charge < -0.3 is 9.88 Å². The Morgan fingerprint density at radius 1 is 0.906 bits per heavy atom. The molecule has 0 aliphatic rings. The van der Waals surface area contributed by atoms with Crippen LogP contribution in [-0.4, -0.2) is 30.3 Å². The van der Waals surface area contributed by atoms with Gasteiger partial charge in [-0.3, -0.25) is 18.7 Å². The lowest BCUT2D eigenvalue weighted by Crippen LogP contribution is -2.37. The van der Waals surface area contributed by atoms with Crippen molar-refractivity contribution in [2.45, 2.75) is 11.2 Å². The highest BCUT2D eigenvalue weighted by molar-refractivity contribution is 7.99. The third kappa shape index (κ3) is 3.99. The summed E-state index contributed by atoms with van der Waals surface area (Å²) in [4.78, 5) is 42.0. The summed E-state index contributed by atoms with van der Waals surface area (Å²) in [6.45, 7) is 0. The molecule has 0 saturated carbocycles. The Labute approximate surface area is 188 Å². The van der Waals surface area contributed by atoms with Crippen molar-refractivity contribution < 1.29 is 4.79 Å². The summed E-state index contributed by atoms with van der Waals surface area (Å²) in [6.07, 6.45) is 0. The predicted molar refractivity (Wildman–Crippen MR) is 125 cm³/mol. The van der Waals surface area contributed by atoms with Gasteiger partial charge in [0.1, 0.15) is 0 Å². The van der Waals surface area contributed by atoms with E-state index in [0.717, 1.165) is 15.7 Å². The summed E-state index contributed by atoms with van der Waals surface area (Å²) in [6, 6.07) is 19.3. The van der Waals surface area contributed by atoms with E-state index < -0.39 is 11.2 Å². The van der Waals surface area contributed by atoms with Crippen LogP contribution >= 0.6 is 11.8 Å². The van der Waals surface area contributed by atoms with E-state index in [2.05, 4.69) is 10.3 Å². The highest BCUT2D eigenvalue weighted by Gasteiger charge is 2.20. The molecule has 9 heteroatoms. The Morgan fingerprint density at radius 3 is 2.03 bits per heavy atom. The van der Waals surface area contributed by atoms with E-state index in [9.17, 15) is 14.4 Å². The maximum atomic E-state index is 12.9. The van der Waals surface area contributed by atoms with Crippen LogP contribution in [-0.2, 0) is 25.9 Å². The molecular weight excluding hydrogens is 426 g/mol. The highest BCUT2D eigenvalue weighted by atomic mass is 32.2. The molecule has 0 saturated heterocycles. The van der Waals surface area contributed by atoms with Crippen LogP contribution in [0, 0.1) is 0 Å². The van der Waals surface area contributed by atoms with Gasteiger partial charge in [0.2, 0.25) is 5.91 Å². The SMILES string of the molecule is Cn1c(=O)c2c(nc(SCC(=O)NC(c3ccccc3)c3ccccc3)n2C)n(C)c1=O. The summed E-state index contributed by atoms with van der Waals surface area (Å²) in [5, 5.41) is 3.59. The second kappa shape index (κ2) is 8.88. The third-order valence-corrected chi connectivity index (χ3v) is 6.37. The summed E-state index contributed by atoms with van der Waals surface area (Å²) in [5.74, 6) is -0.0525. The van der Waals surface area contributed by atoms with Gasteiger partial charge in [-0.2, -0.15) is 0 Å². The average molecular weight is 450 g/mol. The number of carbonyl (C=O) groups is 1. The Hall–Kier alpha value is -3.59. The molecule has 32 heavy (non-hydrogen) atoms. The van der Waals surface area contributed by atoms with Gasteiger partial charge >= 0.3 is 5.69 Å². The standard InChI is InChI=1S/C23H23N5O3S/c1-26-19-20(27(2)23(31)28(3)21(19)30)25-22(26)32-14-17(29)24-18(15-10-6-4-7-11-15)16-12-8-5-9-13-16/h4-13,18H,14H2,1-3H3,(H,24,29). The fraction of sp³-hybridized carbons (Fsp3) is 0.217. The van der Waals surface area contributed by atoms with Gasteiger partial charge in [-0.15, -0.1) is 0 Å². The van der Waals surface area contributed by atoms with Gasteiger partial charge in [0.15, 0.2) is 16.3 Å². The minimum Gasteiger partial charge on any atom is -0.344 e. The zero-order valence-corrected chi connectivity index (χ0v) is 18.8. The Bertz CT molecular complexity index is 1350. The van der Waals surface area contributed by atoms with Crippen LogP contribution in [0.5, 0.6) is 0 Å². The molecule has 0 unspecified atom stereocenters. The van der Waals surface area contributed by atoms with Crippen molar-refractivity contribution in [2.75, 3.05) is 5.75 Å². The number of imidazole rings is 1. The highest BCUT2D eigenvalue weighted by Crippen LogP contribution is 2.23. The van der Waals surface area contributed by atoms with Gasteiger partial charge in [0.05, 0.1) is 11.8 Å². The summed E-state index contributed by atoms with van der Waals surface area (Å²) < 4.78 is 4.01. The van der Waals surface area contributed by atoms with Crippen LogP contribution in [0.3, 0.4) is 0 Å². The van der Waals surface area contributed by atoms with Crippen molar-refractivity contribution in [2.24, 2.45) is 21.1 Å². The summed E-state index contributed by atoms with van der Waals surface area (Å²) in [5.41, 5.74) is 1.74. The molecular formula is C23H23N5O3S. The smallest absolute Gasteiger partial charge is 0.332 e. The molecule has 0 aliphatic heterocycles. The maximum absolute atomic E-state index is 12.9. The molecule has 1 amide bonds. The molecule has 2 aromatic carbocycles. The van der Waals surface area contributed by atoms with Crippen molar-refractivity contribution in [3.63, 3.8) is 0 Å². The van der Waals surface area contributed by atoms with E-state index in [0.29, 0.717) is 16.3 Å². The number of nitrogens with one attached hydrogen (secondary N) is 1. The van der Waals surface area contributed by atoms with E-state index in [1.54, 1.807) is 18.7 Å². The lowest BCUT2D eigenvalue weighted by atomic mass is 9.99. The van der Waals surface area contributed by atoms with Crippen molar-refractivity contribution in [1.29, 1.82) is 0 Å². The minimum absolute atomic E-state index is 0.113. The molecule has 0 spiro atoms. The summed E-state index contributed by atoms with van der Waals surface area (Å²) >= 11 is 1.22. The predicted octanol–water partition coefficient (Wildman–Crippen LogP) is 1.97. The van der Waals surface area contributed by atoms with Crippen LogP contribution in [0.1, 0.15) is 17.2 Å². The molecule has 1 N–H and O–H groups in total. The topological polar surface area (TPSA) is 90.9 Å². The van der Waals surface area contributed by atoms with E-state index >= 15 is 0 Å². The molecule has 4 aromatic rings. The van der Waals surface area contributed by atoms with E-state index in [-0.39, 0.29) is 17.7 Å². The quantitative estimate of drug-likeness (QED) is 0.455. The number of rotatable bonds is 6. The Kier molecular flexibility index (Phi) is 6.00. The number of carbonyl (C=O) groups excluding carboxylic acids is 1. The number of nitrogens with zero attached hydrogens (tertiary/aromatic N) is 4. The van der Waals surface area contributed by atoms with Crippen molar-refractivity contribution in [1.82, 2.24) is 24.0 Å². The number of hydrogen-bond acceptors (Lipinski definition) is 5.